The van der Waals surface area contributed by atoms with Crippen LogP contribution in [-0.4, -0.2) is 43.8 Å². The highest BCUT2D eigenvalue weighted by Gasteiger charge is 2.35. The van der Waals surface area contributed by atoms with E-state index in [1.165, 1.54) is 43.3 Å². The summed E-state index contributed by atoms with van der Waals surface area (Å²) in [5.41, 5.74) is -0.278. The first-order valence-corrected chi connectivity index (χ1v) is 15.5. The first-order chi connectivity index (χ1) is 20.0. The average Bonchev–Trinajstić information content (AvgIpc) is 2.94. The molecule has 0 fully saturated rings. The summed E-state index contributed by atoms with van der Waals surface area (Å²) in [6.45, 7) is 5.78. The summed E-state index contributed by atoms with van der Waals surface area (Å²) in [7, 11) is -4.54. The number of amides is 2. The lowest BCUT2D eigenvalue weighted by Gasteiger charge is -2.32. The van der Waals surface area contributed by atoms with Gasteiger partial charge in [0.1, 0.15) is 12.6 Å². The SMILES string of the molecule is CC[C@@H](C)NC(=O)[C@H](C)N(Cc1ccc(Cl)cc1Cl)C(=O)CN(c1cccc(C(F)(F)F)c1)S(=O)(=O)c1ccc(C)cc1. The minimum atomic E-state index is -4.76. The number of aryl methyl sites for hydroxylation is 1. The van der Waals surface area contributed by atoms with E-state index < -0.39 is 46.2 Å². The summed E-state index contributed by atoms with van der Waals surface area (Å²) in [6.07, 6.45) is -4.15. The number of nitrogens with zero attached hydrogens (tertiary/aromatic N) is 2. The Morgan fingerprint density at radius 2 is 1.63 bits per heavy atom. The van der Waals surface area contributed by atoms with Crippen LogP contribution in [0.5, 0.6) is 0 Å². The maximum Gasteiger partial charge on any atom is 0.416 e. The fraction of sp³-hybridized carbons (Fsp3) is 0.333. The molecule has 0 heterocycles. The van der Waals surface area contributed by atoms with E-state index in [9.17, 15) is 31.2 Å². The molecule has 2 amide bonds. The van der Waals surface area contributed by atoms with Crippen LogP contribution in [0.15, 0.2) is 71.6 Å². The number of sulfonamides is 1. The molecule has 0 spiro atoms. The van der Waals surface area contributed by atoms with E-state index in [4.69, 9.17) is 23.2 Å². The minimum absolute atomic E-state index is 0.203. The zero-order chi connectivity index (χ0) is 32.1. The first-order valence-electron chi connectivity index (χ1n) is 13.3. The number of rotatable bonds is 11. The maximum absolute atomic E-state index is 14.0. The van der Waals surface area contributed by atoms with Gasteiger partial charge < -0.3 is 10.2 Å². The predicted octanol–water partition coefficient (Wildman–Crippen LogP) is 6.85. The van der Waals surface area contributed by atoms with Crippen LogP contribution in [0, 0.1) is 6.92 Å². The Kier molecular flexibility index (Phi) is 11.1. The van der Waals surface area contributed by atoms with Gasteiger partial charge in [0.15, 0.2) is 0 Å². The van der Waals surface area contributed by atoms with Crippen LogP contribution in [0.1, 0.15) is 43.9 Å². The fourth-order valence-electron chi connectivity index (χ4n) is 4.09. The van der Waals surface area contributed by atoms with Crippen LogP contribution < -0.4 is 9.62 Å². The van der Waals surface area contributed by atoms with E-state index in [0.717, 1.165) is 22.6 Å². The van der Waals surface area contributed by atoms with Gasteiger partial charge in [-0.25, -0.2) is 8.42 Å². The third kappa shape index (κ3) is 8.64. The van der Waals surface area contributed by atoms with Crippen LogP contribution in [0.4, 0.5) is 18.9 Å². The molecular formula is C30H32Cl2F3N3O4S. The number of anilines is 1. The lowest BCUT2D eigenvalue weighted by Crippen LogP contribution is -2.52. The van der Waals surface area contributed by atoms with Gasteiger partial charge in [0.05, 0.1) is 16.1 Å². The van der Waals surface area contributed by atoms with E-state index >= 15 is 0 Å². The van der Waals surface area contributed by atoms with Gasteiger partial charge in [0.2, 0.25) is 11.8 Å². The number of halogens is 5. The molecule has 7 nitrogen and oxygen atoms in total. The monoisotopic (exact) mass is 657 g/mol. The molecular weight excluding hydrogens is 626 g/mol. The second-order valence-corrected chi connectivity index (χ2v) is 12.8. The third-order valence-electron chi connectivity index (χ3n) is 6.87. The molecule has 2 atom stereocenters. The Balaban J connectivity index is 2.11. The molecule has 232 valence electrons. The van der Waals surface area contributed by atoms with Gasteiger partial charge in [-0.1, -0.05) is 60.0 Å². The molecule has 0 bridgehead atoms. The molecule has 0 aliphatic heterocycles. The van der Waals surface area contributed by atoms with Gasteiger partial charge >= 0.3 is 6.18 Å². The van der Waals surface area contributed by atoms with E-state index in [2.05, 4.69) is 5.32 Å². The highest BCUT2D eigenvalue weighted by atomic mass is 35.5. The Hall–Kier alpha value is -3.28. The van der Waals surface area contributed by atoms with Crippen LogP contribution >= 0.6 is 23.2 Å². The van der Waals surface area contributed by atoms with Crippen molar-refractivity contribution in [2.45, 2.75) is 63.8 Å². The number of hydrogen-bond donors (Lipinski definition) is 1. The number of alkyl halides is 3. The molecule has 43 heavy (non-hydrogen) atoms. The molecule has 0 aliphatic carbocycles. The average molecular weight is 659 g/mol. The van der Waals surface area contributed by atoms with Crippen molar-refractivity contribution in [2.24, 2.45) is 0 Å². The molecule has 0 saturated heterocycles. The quantitative estimate of drug-likeness (QED) is 0.244. The Labute approximate surface area is 259 Å². The standard InChI is InChI=1S/C30H32Cl2F3N3O4S/c1-5-20(3)36-29(40)21(4)37(17-22-11-12-24(31)16-27(22)32)28(39)18-38(25-8-6-7-23(15-25)30(33,34)35)43(41,42)26-13-9-19(2)10-14-26/h6-16,20-21H,5,17-18H2,1-4H3,(H,36,40)/t20-,21+/m1/s1. The molecule has 3 aromatic carbocycles. The van der Waals surface area contributed by atoms with Gasteiger partial charge in [0.25, 0.3) is 10.0 Å². The Morgan fingerprint density at radius 3 is 2.21 bits per heavy atom. The normalized spacial score (nSPS) is 13.2. The Bertz CT molecular complexity index is 1570. The van der Waals surface area contributed by atoms with Crippen molar-refractivity contribution in [3.63, 3.8) is 0 Å². The van der Waals surface area contributed by atoms with E-state index in [0.29, 0.717) is 27.4 Å². The smallest absolute Gasteiger partial charge is 0.352 e. The molecule has 0 aliphatic rings. The van der Waals surface area contributed by atoms with Crippen LogP contribution in [0.3, 0.4) is 0 Å². The van der Waals surface area contributed by atoms with Crippen molar-refractivity contribution in [1.29, 1.82) is 0 Å². The number of carbonyl (C=O) groups excluding carboxylic acids is 2. The highest BCUT2D eigenvalue weighted by Crippen LogP contribution is 2.33. The maximum atomic E-state index is 14.0. The predicted molar refractivity (Wildman–Crippen MR) is 162 cm³/mol. The second kappa shape index (κ2) is 14.0. The van der Waals surface area contributed by atoms with E-state index in [1.807, 2.05) is 6.92 Å². The second-order valence-electron chi connectivity index (χ2n) is 10.1. The summed E-state index contributed by atoms with van der Waals surface area (Å²) >= 11 is 12.4. The topological polar surface area (TPSA) is 86.8 Å². The molecule has 0 saturated carbocycles. The van der Waals surface area contributed by atoms with Crippen molar-refractivity contribution in [3.05, 3.63) is 93.5 Å². The van der Waals surface area contributed by atoms with Crippen molar-refractivity contribution in [2.75, 3.05) is 10.8 Å². The van der Waals surface area contributed by atoms with Gasteiger partial charge in [-0.15, -0.1) is 0 Å². The van der Waals surface area contributed by atoms with Crippen LogP contribution in [0.25, 0.3) is 0 Å². The number of benzene rings is 3. The van der Waals surface area contributed by atoms with Gasteiger partial charge in [-0.05, 0) is 75.2 Å². The fourth-order valence-corrected chi connectivity index (χ4v) is 5.96. The number of hydrogen-bond acceptors (Lipinski definition) is 4. The Morgan fingerprint density at radius 1 is 0.977 bits per heavy atom. The van der Waals surface area contributed by atoms with Crippen molar-refractivity contribution in [1.82, 2.24) is 10.2 Å². The van der Waals surface area contributed by atoms with Gasteiger partial charge in [0, 0.05) is 22.6 Å². The van der Waals surface area contributed by atoms with Gasteiger partial charge in [-0.3, -0.25) is 13.9 Å². The summed E-state index contributed by atoms with van der Waals surface area (Å²) in [6, 6.07) is 12.7. The lowest BCUT2D eigenvalue weighted by atomic mass is 10.1. The summed E-state index contributed by atoms with van der Waals surface area (Å²) in [5, 5.41) is 3.35. The molecule has 0 unspecified atom stereocenters. The molecule has 0 radical (unpaired) electrons. The summed E-state index contributed by atoms with van der Waals surface area (Å²) in [5.74, 6) is -1.34. The van der Waals surface area contributed by atoms with Crippen molar-refractivity contribution >= 4 is 50.7 Å². The largest absolute Gasteiger partial charge is 0.416 e. The van der Waals surface area contributed by atoms with Crippen molar-refractivity contribution < 1.29 is 31.2 Å². The van der Waals surface area contributed by atoms with Crippen LogP contribution in [-0.2, 0) is 32.3 Å². The molecule has 13 heteroatoms. The molecule has 1 N–H and O–H groups in total. The molecule has 3 aromatic rings. The van der Waals surface area contributed by atoms with Crippen molar-refractivity contribution in [3.8, 4) is 0 Å². The van der Waals surface area contributed by atoms with Gasteiger partial charge in [-0.2, -0.15) is 13.2 Å². The number of nitrogens with one attached hydrogen (secondary N) is 1. The lowest BCUT2D eigenvalue weighted by molar-refractivity contribution is -0.139. The minimum Gasteiger partial charge on any atom is -0.352 e. The summed E-state index contributed by atoms with van der Waals surface area (Å²) < 4.78 is 69.2. The summed E-state index contributed by atoms with van der Waals surface area (Å²) in [4.78, 5) is 28.0. The molecule has 0 aromatic heterocycles. The van der Waals surface area contributed by atoms with E-state index in [-0.39, 0.29) is 28.2 Å². The number of carbonyl (C=O) groups is 2. The van der Waals surface area contributed by atoms with Crippen LogP contribution in [0.2, 0.25) is 10.0 Å². The zero-order valence-corrected chi connectivity index (χ0v) is 26.3. The molecule has 3 rings (SSSR count). The van der Waals surface area contributed by atoms with E-state index in [1.54, 1.807) is 26.0 Å². The third-order valence-corrected chi connectivity index (χ3v) is 9.25. The first kappa shape index (κ1) is 34.2. The highest BCUT2D eigenvalue weighted by molar-refractivity contribution is 7.92. The zero-order valence-electron chi connectivity index (χ0n) is 24.0.